The molecule has 0 spiro atoms. The van der Waals surface area contributed by atoms with Crippen molar-refractivity contribution in [2.24, 2.45) is 4.99 Å². The number of guanidine groups is 1. The number of nitrogens with zero attached hydrogens (tertiary/aromatic N) is 3. The summed E-state index contributed by atoms with van der Waals surface area (Å²) >= 11 is 0. The highest BCUT2D eigenvalue weighted by Crippen LogP contribution is 2.33. The number of fused-ring (bicyclic) bond motifs is 1. The van der Waals surface area contributed by atoms with Gasteiger partial charge in [-0.25, -0.2) is 0 Å². The van der Waals surface area contributed by atoms with E-state index in [1.165, 1.54) is 37.9 Å². The Morgan fingerprint density at radius 1 is 1.19 bits per heavy atom. The van der Waals surface area contributed by atoms with Crippen LogP contribution in [0.1, 0.15) is 44.1 Å². The number of ether oxygens (including phenoxy) is 1. The summed E-state index contributed by atoms with van der Waals surface area (Å²) in [7, 11) is 0. The molecular formula is C21H33IN4O. The van der Waals surface area contributed by atoms with E-state index in [2.05, 4.69) is 46.3 Å². The van der Waals surface area contributed by atoms with Gasteiger partial charge in [0.05, 0.1) is 6.61 Å². The molecule has 2 fully saturated rings. The second-order valence-electron chi connectivity index (χ2n) is 7.70. The van der Waals surface area contributed by atoms with Crippen molar-refractivity contribution in [2.45, 2.75) is 44.6 Å². The number of nitrogens with one attached hydrogen (secondary N) is 1. The van der Waals surface area contributed by atoms with Gasteiger partial charge in [-0.05, 0) is 57.3 Å². The molecular weight excluding hydrogens is 451 g/mol. The van der Waals surface area contributed by atoms with E-state index < -0.39 is 0 Å². The number of hydrogen-bond acceptors (Lipinski definition) is 3. The highest BCUT2D eigenvalue weighted by Gasteiger charge is 2.31. The molecule has 1 aromatic carbocycles. The Morgan fingerprint density at radius 2 is 2.00 bits per heavy atom. The summed E-state index contributed by atoms with van der Waals surface area (Å²) in [6, 6.07) is 9.15. The van der Waals surface area contributed by atoms with Gasteiger partial charge < -0.3 is 15.0 Å². The van der Waals surface area contributed by atoms with E-state index >= 15 is 0 Å². The summed E-state index contributed by atoms with van der Waals surface area (Å²) < 4.78 is 5.80. The van der Waals surface area contributed by atoms with E-state index in [1.54, 1.807) is 0 Å². The minimum atomic E-state index is 0. The lowest BCUT2D eigenvalue weighted by atomic mass is 9.93. The second-order valence-corrected chi connectivity index (χ2v) is 7.70. The Kier molecular flexibility index (Phi) is 7.64. The molecule has 3 heterocycles. The van der Waals surface area contributed by atoms with Crippen molar-refractivity contribution in [2.75, 3.05) is 45.9 Å². The lowest BCUT2D eigenvalue weighted by molar-refractivity contribution is 0.249. The topological polar surface area (TPSA) is 40.1 Å². The van der Waals surface area contributed by atoms with Gasteiger partial charge >= 0.3 is 0 Å². The average molecular weight is 484 g/mol. The van der Waals surface area contributed by atoms with E-state index in [9.17, 15) is 0 Å². The minimum Gasteiger partial charge on any atom is -0.493 e. The normalized spacial score (nSPS) is 25.7. The average Bonchev–Trinajstić information content (AvgIpc) is 3.36. The number of para-hydroxylation sites is 1. The van der Waals surface area contributed by atoms with Crippen LogP contribution in [0.4, 0.5) is 0 Å². The molecule has 5 nitrogen and oxygen atoms in total. The van der Waals surface area contributed by atoms with Crippen molar-refractivity contribution in [3.63, 3.8) is 0 Å². The fourth-order valence-electron chi connectivity index (χ4n) is 4.57. The Labute approximate surface area is 180 Å². The Morgan fingerprint density at radius 3 is 2.81 bits per heavy atom. The molecule has 0 radical (unpaired) electrons. The van der Waals surface area contributed by atoms with Gasteiger partial charge in [0.2, 0.25) is 0 Å². The van der Waals surface area contributed by atoms with Crippen molar-refractivity contribution in [1.82, 2.24) is 15.1 Å². The van der Waals surface area contributed by atoms with Gasteiger partial charge in [0.25, 0.3) is 0 Å². The van der Waals surface area contributed by atoms with Gasteiger partial charge in [-0.15, -0.1) is 24.0 Å². The van der Waals surface area contributed by atoms with E-state index in [4.69, 9.17) is 9.73 Å². The standard InChI is InChI=1S/C21H32N4O.HI/c1-2-22-21(25-13-9-18(16-25)24-11-5-6-12-24)23-15-17-10-14-26-20-8-4-3-7-19(17)20;/h3-4,7-8,17-18H,2,5-6,9-16H2,1H3,(H,22,23);1H. The molecule has 1 aromatic rings. The highest BCUT2D eigenvalue weighted by atomic mass is 127. The third-order valence-corrected chi connectivity index (χ3v) is 6.00. The first kappa shape index (κ1) is 20.7. The molecule has 0 saturated carbocycles. The monoisotopic (exact) mass is 484 g/mol. The fraction of sp³-hybridized carbons (Fsp3) is 0.667. The quantitative estimate of drug-likeness (QED) is 0.405. The fourth-order valence-corrected chi connectivity index (χ4v) is 4.57. The number of hydrogen-bond donors (Lipinski definition) is 1. The Hall–Kier alpha value is -1.02. The smallest absolute Gasteiger partial charge is 0.193 e. The third kappa shape index (κ3) is 4.88. The third-order valence-electron chi connectivity index (χ3n) is 6.00. The van der Waals surface area contributed by atoms with Crippen LogP contribution in [0.2, 0.25) is 0 Å². The first-order chi connectivity index (χ1) is 12.8. The lowest BCUT2D eigenvalue weighted by Gasteiger charge is -2.27. The van der Waals surface area contributed by atoms with Crippen LogP contribution in [-0.4, -0.2) is 67.7 Å². The van der Waals surface area contributed by atoms with Gasteiger partial charge in [0.1, 0.15) is 5.75 Å². The summed E-state index contributed by atoms with van der Waals surface area (Å²) in [6.07, 6.45) is 5.06. The molecule has 0 aliphatic carbocycles. The van der Waals surface area contributed by atoms with Crippen LogP contribution in [-0.2, 0) is 0 Å². The number of benzene rings is 1. The van der Waals surface area contributed by atoms with E-state index in [-0.39, 0.29) is 24.0 Å². The predicted molar refractivity (Wildman–Crippen MR) is 121 cm³/mol. The molecule has 0 aromatic heterocycles. The predicted octanol–water partition coefficient (Wildman–Crippen LogP) is 3.31. The molecule has 150 valence electrons. The SMILES string of the molecule is CCNC(=NCC1CCOc2ccccc21)N1CCC(N2CCCC2)C1.I. The van der Waals surface area contributed by atoms with E-state index in [0.29, 0.717) is 12.0 Å². The molecule has 0 bridgehead atoms. The first-order valence-electron chi connectivity index (χ1n) is 10.3. The van der Waals surface area contributed by atoms with Crippen molar-refractivity contribution in [3.05, 3.63) is 29.8 Å². The first-order valence-corrected chi connectivity index (χ1v) is 10.3. The molecule has 2 atom stereocenters. The summed E-state index contributed by atoms with van der Waals surface area (Å²) in [5.41, 5.74) is 1.31. The molecule has 0 amide bonds. The molecule has 4 rings (SSSR count). The lowest BCUT2D eigenvalue weighted by Crippen LogP contribution is -2.43. The zero-order chi connectivity index (χ0) is 17.8. The summed E-state index contributed by atoms with van der Waals surface area (Å²) in [4.78, 5) is 10.2. The zero-order valence-corrected chi connectivity index (χ0v) is 18.7. The van der Waals surface area contributed by atoms with Crippen LogP contribution in [0.5, 0.6) is 5.75 Å². The van der Waals surface area contributed by atoms with Crippen LogP contribution < -0.4 is 10.1 Å². The van der Waals surface area contributed by atoms with Crippen LogP contribution in [0.15, 0.2) is 29.3 Å². The molecule has 6 heteroatoms. The zero-order valence-electron chi connectivity index (χ0n) is 16.4. The van der Waals surface area contributed by atoms with Crippen molar-refractivity contribution < 1.29 is 4.74 Å². The Bertz CT molecular complexity index is 632. The van der Waals surface area contributed by atoms with Gasteiger partial charge in [0, 0.05) is 38.1 Å². The van der Waals surface area contributed by atoms with Crippen LogP contribution >= 0.6 is 24.0 Å². The van der Waals surface area contributed by atoms with Gasteiger partial charge in [-0.2, -0.15) is 0 Å². The van der Waals surface area contributed by atoms with Crippen LogP contribution in [0.3, 0.4) is 0 Å². The molecule has 2 unspecified atom stereocenters. The maximum absolute atomic E-state index is 5.80. The Balaban J connectivity index is 0.00000210. The molecule has 3 aliphatic heterocycles. The maximum atomic E-state index is 5.80. The maximum Gasteiger partial charge on any atom is 0.193 e. The summed E-state index contributed by atoms with van der Waals surface area (Å²) in [5, 5.41) is 3.53. The summed E-state index contributed by atoms with van der Waals surface area (Å²) in [5.74, 6) is 2.60. The van der Waals surface area contributed by atoms with Crippen molar-refractivity contribution >= 4 is 29.9 Å². The van der Waals surface area contributed by atoms with Gasteiger partial charge in [-0.3, -0.25) is 9.89 Å². The van der Waals surface area contributed by atoms with E-state index in [1.807, 2.05) is 0 Å². The summed E-state index contributed by atoms with van der Waals surface area (Å²) in [6.45, 7) is 9.53. The van der Waals surface area contributed by atoms with Gasteiger partial charge in [0.15, 0.2) is 5.96 Å². The van der Waals surface area contributed by atoms with Crippen LogP contribution in [0, 0.1) is 0 Å². The number of halogens is 1. The van der Waals surface area contributed by atoms with Crippen LogP contribution in [0.25, 0.3) is 0 Å². The minimum absolute atomic E-state index is 0. The molecule has 3 aliphatic rings. The molecule has 27 heavy (non-hydrogen) atoms. The second kappa shape index (κ2) is 9.96. The largest absolute Gasteiger partial charge is 0.493 e. The van der Waals surface area contributed by atoms with E-state index in [0.717, 1.165) is 50.9 Å². The molecule has 1 N–H and O–H groups in total. The van der Waals surface area contributed by atoms with Crippen molar-refractivity contribution in [3.8, 4) is 5.75 Å². The van der Waals surface area contributed by atoms with Gasteiger partial charge in [-0.1, -0.05) is 18.2 Å². The number of likely N-dealkylation sites (tertiary alicyclic amines) is 2. The molecule has 2 saturated heterocycles. The number of rotatable bonds is 4. The number of aliphatic imine (C=N–C) groups is 1. The highest BCUT2D eigenvalue weighted by molar-refractivity contribution is 14.0. The van der Waals surface area contributed by atoms with Crippen molar-refractivity contribution in [1.29, 1.82) is 0 Å².